The molecule has 0 aromatic carbocycles. The van der Waals surface area contributed by atoms with Gasteiger partial charge in [-0.25, -0.2) is 14.8 Å². The largest absolute Gasteiger partial charge is 0.475 e. The highest BCUT2D eigenvalue weighted by molar-refractivity contribution is 6.38. The van der Waals surface area contributed by atoms with Crippen LogP contribution in [0, 0.1) is 6.92 Å². The lowest BCUT2D eigenvalue weighted by molar-refractivity contribution is -0.146. The van der Waals surface area contributed by atoms with Gasteiger partial charge in [-0.3, -0.25) is 4.79 Å². The lowest BCUT2D eigenvalue weighted by atomic mass is 10.3. The molecule has 5 heteroatoms. The summed E-state index contributed by atoms with van der Waals surface area (Å²) >= 11 is 0. The number of hydrogen-bond donors (Lipinski definition) is 1. The maximum Gasteiger partial charge on any atom is 0.376 e. The molecule has 0 fully saturated rings. The Hall–Kier alpha value is -2.04. The van der Waals surface area contributed by atoms with Gasteiger partial charge in [0.05, 0.1) is 5.69 Å². The lowest BCUT2D eigenvalue weighted by Crippen LogP contribution is -2.08. The van der Waals surface area contributed by atoms with Gasteiger partial charge < -0.3 is 5.11 Å². The van der Waals surface area contributed by atoms with Crippen LogP contribution in [0.3, 0.4) is 0 Å². The molecule has 0 unspecified atom stereocenters. The summed E-state index contributed by atoms with van der Waals surface area (Å²) in [7, 11) is 0. The molecule has 0 radical (unpaired) electrons. The molecule has 0 spiro atoms. The predicted molar refractivity (Wildman–Crippen MR) is 48.4 cm³/mol. The van der Waals surface area contributed by atoms with Crippen molar-refractivity contribution in [2.45, 2.75) is 6.92 Å². The highest BCUT2D eigenvalue weighted by atomic mass is 16.4. The number of carbonyl (C=O) groups excluding carboxylic acids is 1. The number of rotatable bonds is 3. The Morgan fingerprint density at radius 3 is 2.79 bits per heavy atom. The van der Waals surface area contributed by atoms with Gasteiger partial charge in [0.25, 0.3) is 5.78 Å². The molecule has 1 N–H and O–H groups in total. The number of hydrogen-bond acceptors (Lipinski definition) is 4. The van der Waals surface area contributed by atoms with E-state index in [1.54, 1.807) is 13.0 Å². The number of carboxylic acid groups (broad SMARTS) is 1. The molecule has 14 heavy (non-hydrogen) atoms. The van der Waals surface area contributed by atoms with E-state index in [0.29, 0.717) is 11.5 Å². The Morgan fingerprint density at radius 1 is 1.50 bits per heavy atom. The van der Waals surface area contributed by atoms with Crippen LogP contribution in [0.5, 0.6) is 0 Å². The van der Waals surface area contributed by atoms with Crippen LogP contribution in [0.4, 0.5) is 0 Å². The van der Waals surface area contributed by atoms with E-state index in [1.807, 2.05) is 0 Å². The average molecular weight is 192 g/mol. The number of aromatic nitrogens is 2. The molecular weight excluding hydrogens is 184 g/mol. The van der Waals surface area contributed by atoms with E-state index in [9.17, 15) is 9.59 Å². The number of carbonyl (C=O) groups is 2. The van der Waals surface area contributed by atoms with Crippen LogP contribution in [0.15, 0.2) is 18.3 Å². The number of aliphatic carboxylic acids is 1. The molecule has 0 aliphatic rings. The van der Waals surface area contributed by atoms with Crippen molar-refractivity contribution in [3.05, 3.63) is 29.9 Å². The molecule has 1 heterocycles. The zero-order valence-corrected chi connectivity index (χ0v) is 7.47. The van der Waals surface area contributed by atoms with Crippen molar-refractivity contribution >= 4 is 17.8 Å². The Kier molecular flexibility index (Phi) is 3.06. The van der Waals surface area contributed by atoms with E-state index < -0.39 is 11.8 Å². The number of aryl methyl sites for hydroxylation is 1. The van der Waals surface area contributed by atoms with Gasteiger partial charge in [-0.1, -0.05) is 0 Å². The third-order valence-corrected chi connectivity index (χ3v) is 1.41. The van der Waals surface area contributed by atoms with E-state index >= 15 is 0 Å². The van der Waals surface area contributed by atoms with E-state index in [1.165, 1.54) is 12.3 Å². The number of nitrogens with zero attached hydrogens (tertiary/aromatic N) is 2. The molecule has 0 aliphatic heterocycles. The fourth-order valence-electron chi connectivity index (χ4n) is 0.800. The third kappa shape index (κ3) is 2.78. The highest BCUT2D eigenvalue weighted by Crippen LogP contribution is 1.97. The molecule has 1 aromatic rings. The SMILES string of the molecule is Cc1nccc(/C=C/C(=O)C(=O)O)n1. The molecule has 1 rings (SSSR count). The second-order valence-electron chi connectivity index (χ2n) is 2.53. The molecule has 0 aliphatic carbocycles. The first-order valence-corrected chi connectivity index (χ1v) is 3.84. The summed E-state index contributed by atoms with van der Waals surface area (Å²) in [5.41, 5.74) is 0.507. The molecule has 0 atom stereocenters. The topological polar surface area (TPSA) is 80.2 Å². The van der Waals surface area contributed by atoms with E-state index in [0.717, 1.165) is 6.08 Å². The van der Waals surface area contributed by atoms with Crippen LogP contribution >= 0.6 is 0 Å². The van der Waals surface area contributed by atoms with Gasteiger partial charge in [-0.05, 0) is 25.1 Å². The summed E-state index contributed by atoms with van der Waals surface area (Å²) in [6.07, 6.45) is 3.84. The van der Waals surface area contributed by atoms with Crippen LogP contribution < -0.4 is 0 Å². The van der Waals surface area contributed by atoms with Gasteiger partial charge in [0.2, 0.25) is 0 Å². The smallest absolute Gasteiger partial charge is 0.376 e. The Morgan fingerprint density at radius 2 is 2.21 bits per heavy atom. The van der Waals surface area contributed by atoms with Crippen LogP contribution in [-0.2, 0) is 9.59 Å². The third-order valence-electron chi connectivity index (χ3n) is 1.41. The van der Waals surface area contributed by atoms with Crippen molar-refractivity contribution in [1.29, 1.82) is 0 Å². The highest BCUT2D eigenvalue weighted by Gasteiger charge is 2.05. The van der Waals surface area contributed by atoms with E-state index in [4.69, 9.17) is 5.11 Å². The normalized spacial score (nSPS) is 10.4. The summed E-state index contributed by atoms with van der Waals surface area (Å²) in [5.74, 6) is -1.89. The standard InChI is InChI=1S/C9H8N2O3/c1-6-10-5-4-7(11-6)2-3-8(12)9(13)14/h2-5H,1H3,(H,13,14)/b3-2+. The van der Waals surface area contributed by atoms with Gasteiger partial charge >= 0.3 is 5.97 Å². The summed E-state index contributed by atoms with van der Waals surface area (Å²) in [4.78, 5) is 28.6. The van der Waals surface area contributed by atoms with Gasteiger partial charge in [-0.15, -0.1) is 0 Å². The zero-order valence-electron chi connectivity index (χ0n) is 7.47. The first kappa shape index (κ1) is 10.0. The minimum Gasteiger partial charge on any atom is -0.475 e. The van der Waals surface area contributed by atoms with E-state index in [2.05, 4.69) is 9.97 Å². The quantitative estimate of drug-likeness (QED) is 0.555. The van der Waals surface area contributed by atoms with Crippen molar-refractivity contribution in [1.82, 2.24) is 9.97 Å². The summed E-state index contributed by atoms with van der Waals surface area (Å²) < 4.78 is 0. The second kappa shape index (κ2) is 4.27. The minimum absolute atomic E-state index is 0.507. The zero-order chi connectivity index (χ0) is 10.6. The average Bonchev–Trinajstić information content (AvgIpc) is 2.14. The molecule has 0 saturated heterocycles. The summed E-state index contributed by atoms with van der Waals surface area (Å²) in [6, 6.07) is 1.58. The molecule has 0 bridgehead atoms. The van der Waals surface area contributed by atoms with Crippen molar-refractivity contribution < 1.29 is 14.7 Å². The monoisotopic (exact) mass is 192 g/mol. The first-order chi connectivity index (χ1) is 6.59. The molecule has 0 amide bonds. The Balaban J connectivity index is 2.79. The van der Waals surface area contributed by atoms with Crippen LogP contribution in [0.25, 0.3) is 6.08 Å². The van der Waals surface area contributed by atoms with E-state index in [-0.39, 0.29) is 0 Å². The number of carboxylic acids is 1. The van der Waals surface area contributed by atoms with Crippen molar-refractivity contribution in [3.63, 3.8) is 0 Å². The van der Waals surface area contributed by atoms with Gasteiger partial charge in [0, 0.05) is 6.20 Å². The van der Waals surface area contributed by atoms with Crippen LogP contribution in [0.2, 0.25) is 0 Å². The minimum atomic E-state index is -1.48. The van der Waals surface area contributed by atoms with Crippen molar-refractivity contribution in [3.8, 4) is 0 Å². The van der Waals surface area contributed by atoms with Crippen molar-refractivity contribution in [2.75, 3.05) is 0 Å². The van der Waals surface area contributed by atoms with Crippen molar-refractivity contribution in [2.24, 2.45) is 0 Å². The predicted octanol–water partition coefficient (Wildman–Crippen LogP) is 0.452. The lowest BCUT2D eigenvalue weighted by Gasteiger charge is -1.92. The van der Waals surface area contributed by atoms with Crippen LogP contribution in [0.1, 0.15) is 11.5 Å². The molecule has 0 saturated carbocycles. The number of ketones is 1. The molecule has 5 nitrogen and oxygen atoms in total. The Bertz CT molecular complexity index is 399. The maximum absolute atomic E-state index is 10.7. The summed E-state index contributed by atoms with van der Waals surface area (Å²) in [5, 5.41) is 8.28. The summed E-state index contributed by atoms with van der Waals surface area (Å²) in [6.45, 7) is 1.70. The molecule has 72 valence electrons. The second-order valence-corrected chi connectivity index (χ2v) is 2.53. The maximum atomic E-state index is 10.7. The Labute approximate surface area is 80.1 Å². The molecular formula is C9H8N2O3. The molecule has 1 aromatic heterocycles. The van der Waals surface area contributed by atoms with Gasteiger partial charge in [-0.2, -0.15) is 0 Å². The fourth-order valence-corrected chi connectivity index (χ4v) is 0.800. The first-order valence-electron chi connectivity index (χ1n) is 3.84. The van der Waals surface area contributed by atoms with Crippen LogP contribution in [-0.4, -0.2) is 26.8 Å². The van der Waals surface area contributed by atoms with Gasteiger partial charge in [0.1, 0.15) is 5.82 Å². The van der Waals surface area contributed by atoms with Gasteiger partial charge in [0.15, 0.2) is 0 Å². The fraction of sp³-hybridized carbons (Fsp3) is 0.111.